The van der Waals surface area contributed by atoms with Gasteiger partial charge in [-0.3, -0.25) is 0 Å². The molecule has 0 aliphatic carbocycles. The van der Waals surface area contributed by atoms with Crippen LogP contribution >= 0.6 is 23.4 Å². The fourth-order valence-corrected chi connectivity index (χ4v) is 3.39. The molecule has 0 aliphatic rings. The molecule has 0 aromatic heterocycles. The van der Waals surface area contributed by atoms with E-state index in [1.807, 2.05) is 30.9 Å². The maximum Gasteiger partial charge on any atom is 0.0406 e. The smallest absolute Gasteiger partial charge is 0.0406 e. The first-order valence-corrected chi connectivity index (χ1v) is 8.56. The summed E-state index contributed by atoms with van der Waals surface area (Å²) in [6.45, 7) is 4.34. The van der Waals surface area contributed by atoms with Crippen molar-refractivity contribution in [1.29, 1.82) is 0 Å². The van der Waals surface area contributed by atoms with E-state index in [-0.39, 0.29) is 0 Å². The molecule has 3 heteroatoms. The van der Waals surface area contributed by atoms with Crippen LogP contribution in [0, 0.1) is 13.8 Å². The molecular formula is C18H22ClNS. The molecule has 0 radical (unpaired) electrons. The third kappa shape index (κ3) is 5.06. The summed E-state index contributed by atoms with van der Waals surface area (Å²) in [7, 11) is 2.04. The first-order chi connectivity index (χ1) is 10.1. The summed E-state index contributed by atoms with van der Waals surface area (Å²) in [6, 6.07) is 15.2. The van der Waals surface area contributed by atoms with Crippen LogP contribution in [0.2, 0.25) is 5.02 Å². The lowest BCUT2D eigenvalue weighted by molar-refractivity contribution is 0.615. The van der Waals surface area contributed by atoms with Crippen LogP contribution in [-0.4, -0.2) is 18.8 Å². The zero-order chi connectivity index (χ0) is 15.2. The van der Waals surface area contributed by atoms with E-state index in [1.165, 1.54) is 21.6 Å². The maximum absolute atomic E-state index is 5.92. The van der Waals surface area contributed by atoms with Gasteiger partial charge in [0.25, 0.3) is 0 Å². The third-order valence-corrected chi connectivity index (χ3v) is 5.07. The summed E-state index contributed by atoms with van der Waals surface area (Å²) in [5.41, 5.74) is 4.14. The lowest BCUT2D eigenvalue weighted by atomic mass is 10.00. The Bertz CT molecular complexity index is 580. The minimum Gasteiger partial charge on any atom is -0.316 e. The monoisotopic (exact) mass is 319 g/mol. The number of hydrogen-bond donors (Lipinski definition) is 1. The van der Waals surface area contributed by atoms with Gasteiger partial charge in [0.1, 0.15) is 0 Å². The van der Waals surface area contributed by atoms with Gasteiger partial charge in [-0.1, -0.05) is 35.4 Å². The fourth-order valence-electron chi connectivity index (χ4n) is 2.26. The van der Waals surface area contributed by atoms with E-state index in [0.29, 0.717) is 6.04 Å². The number of rotatable bonds is 6. The van der Waals surface area contributed by atoms with Gasteiger partial charge in [0.15, 0.2) is 0 Å². The predicted octanol–water partition coefficient (Wildman–Crippen LogP) is 4.88. The van der Waals surface area contributed by atoms with Gasteiger partial charge in [-0.25, -0.2) is 0 Å². The Hall–Kier alpha value is -0.960. The second-order valence-corrected chi connectivity index (χ2v) is 6.91. The van der Waals surface area contributed by atoms with E-state index in [1.54, 1.807) is 0 Å². The van der Waals surface area contributed by atoms with Crippen molar-refractivity contribution < 1.29 is 0 Å². The summed E-state index contributed by atoms with van der Waals surface area (Å²) < 4.78 is 0. The highest BCUT2D eigenvalue weighted by Gasteiger charge is 2.10. The maximum atomic E-state index is 5.92. The van der Waals surface area contributed by atoms with Crippen LogP contribution in [0.15, 0.2) is 47.4 Å². The van der Waals surface area contributed by atoms with E-state index < -0.39 is 0 Å². The van der Waals surface area contributed by atoms with E-state index in [2.05, 4.69) is 49.5 Å². The molecule has 0 amide bonds. The van der Waals surface area contributed by atoms with E-state index >= 15 is 0 Å². The Kier molecular flexibility index (Phi) is 6.16. The predicted molar refractivity (Wildman–Crippen MR) is 94.6 cm³/mol. The number of likely N-dealkylation sites (N-methyl/N-ethyl adjacent to an activating group) is 1. The van der Waals surface area contributed by atoms with Crippen molar-refractivity contribution in [3.05, 3.63) is 64.2 Å². The van der Waals surface area contributed by atoms with Gasteiger partial charge in [0, 0.05) is 21.7 Å². The summed E-state index contributed by atoms with van der Waals surface area (Å²) in [5.74, 6) is 1.05. The highest BCUT2D eigenvalue weighted by Crippen LogP contribution is 2.22. The Labute approximate surface area is 137 Å². The van der Waals surface area contributed by atoms with Crippen LogP contribution in [0.25, 0.3) is 0 Å². The van der Waals surface area contributed by atoms with E-state index in [0.717, 1.165) is 17.2 Å². The average Bonchev–Trinajstić information content (AvgIpc) is 2.48. The Morgan fingerprint density at radius 1 is 1.10 bits per heavy atom. The molecule has 0 aliphatic heterocycles. The van der Waals surface area contributed by atoms with Gasteiger partial charge in [0.2, 0.25) is 0 Å². The van der Waals surface area contributed by atoms with Crippen molar-refractivity contribution in [2.45, 2.75) is 31.2 Å². The van der Waals surface area contributed by atoms with Crippen LogP contribution < -0.4 is 5.32 Å². The van der Waals surface area contributed by atoms with Crippen molar-refractivity contribution in [3.63, 3.8) is 0 Å². The van der Waals surface area contributed by atoms with E-state index in [9.17, 15) is 0 Å². The highest BCUT2D eigenvalue weighted by atomic mass is 35.5. The van der Waals surface area contributed by atoms with Gasteiger partial charge in [-0.05, 0) is 62.7 Å². The summed E-state index contributed by atoms with van der Waals surface area (Å²) in [6.07, 6.45) is 1.06. The topological polar surface area (TPSA) is 12.0 Å². The number of benzene rings is 2. The average molecular weight is 320 g/mol. The van der Waals surface area contributed by atoms with Crippen LogP contribution in [0.5, 0.6) is 0 Å². The molecule has 1 nitrogen and oxygen atoms in total. The molecule has 1 atom stereocenters. The van der Waals surface area contributed by atoms with Crippen LogP contribution in [0.3, 0.4) is 0 Å². The standard InChI is InChI=1S/C18H22ClNS/c1-13-4-5-14(2)15(10-13)11-17(20-3)12-21-18-8-6-16(19)7-9-18/h4-10,17,20H,11-12H2,1-3H3. The second-order valence-electron chi connectivity index (χ2n) is 5.38. The molecule has 2 aromatic carbocycles. The quantitative estimate of drug-likeness (QED) is 0.762. The molecule has 0 bridgehead atoms. The Balaban J connectivity index is 1.96. The van der Waals surface area contributed by atoms with Crippen molar-refractivity contribution in [2.75, 3.05) is 12.8 Å². The zero-order valence-electron chi connectivity index (χ0n) is 12.8. The van der Waals surface area contributed by atoms with Gasteiger partial charge < -0.3 is 5.32 Å². The third-order valence-electron chi connectivity index (χ3n) is 3.64. The Morgan fingerprint density at radius 3 is 2.48 bits per heavy atom. The summed E-state index contributed by atoms with van der Waals surface area (Å²) in [5, 5.41) is 4.22. The zero-order valence-corrected chi connectivity index (χ0v) is 14.4. The van der Waals surface area contributed by atoms with Gasteiger partial charge in [-0.2, -0.15) is 0 Å². The van der Waals surface area contributed by atoms with Crippen molar-refractivity contribution in [3.8, 4) is 0 Å². The molecule has 2 aromatic rings. The number of hydrogen-bond acceptors (Lipinski definition) is 2. The lowest BCUT2D eigenvalue weighted by Crippen LogP contribution is -2.30. The first kappa shape index (κ1) is 16.4. The molecule has 0 fully saturated rings. The SMILES string of the molecule is CNC(CSc1ccc(Cl)cc1)Cc1cc(C)ccc1C. The molecule has 1 unspecified atom stereocenters. The van der Waals surface area contributed by atoms with Crippen molar-refractivity contribution in [2.24, 2.45) is 0 Å². The molecule has 0 saturated heterocycles. The van der Waals surface area contributed by atoms with Crippen LogP contribution in [-0.2, 0) is 6.42 Å². The number of halogens is 1. The highest BCUT2D eigenvalue weighted by molar-refractivity contribution is 7.99. The number of aryl methyl sites for hydroxylation is 2. The van der Waals surface area contributed by atoms with Crippen LogP contribution in [0.4, 0.5) is 0 Å². The largest absolute Gasteiger partial charge is 0.316 e. The molecule has 2 rings (SSSR count). The molecule has 1 N–H and O–H groups in total. The van der Waals surface area contributed by atoms with Gasteiger partial charge in [0.05, 0.1) is 0 Å². The molecule has 21 heavy (non-hydrogen) atoms. The lowest BCUT2D eigenvalue weighted by Gasteiger charge is -2.17. The molecule has 0 spiro atoms. The number of thioether (sulfide) groups is 1. The summed E-state index contributed by atoms with van der Waals surface area (Å²) in [4.78, 5) is 1.26. The van der Waals surface area contributed by atoms with Gasteiger partial charge in [-0.15, -0.1) is 11.8 Å². The first-order valence-electron chi connectivity index (χ1n) is 7.20. The summed E-state index contributed by atoms with van der Waals surface area (Å²) >= 11 is 7.79. The molecule has 112 valence electrons. The van der Waals surface area contributed by atoms with Crippen LogP contribution in [0.1, 0.15) is 16.7 Å². The molecule has 0 saturated carbocycles. The Morgan fingerprint density at radius 2 is 1.81 bits per heavy atom. The normalized spacial score (nSPS) is 12.4. The number of nitrogens with one attached hydrogen (secondary N) is 1. The van der Waals surface area contributed by atoms with E-state index in [4.69, 9.17) is 11.6 Å². The minimum absolute atomic E-state index is 0.464. The van der Waals surface area contributed by atoms with Crippen molar-refractivity contribution in [1.82, 2.24) is 5.32 Å². The van der Waals surface area contributed by atoms with Crippen molar-refractivity contribution >= 4 is 23.4 Å². The minimum atomic E-state index is 0.464. The molecule has 0 heterocycles. The van der Waals surface area contributed by atoms with Gasteiger partial charge >= 0.3 is 0 Å². The molecular weight excluding hydrogens is 298 g/mol. The second kappa shape index (κ2) is 7.88. The fraction of sp³-hybridized carbons (Fsp3) is 0.333.